The van der Waals surface area contributed by atoms with Gasteiger partial charge in [0.2, 0.25) is 0 Å². The Hall–Kier alpha value is -4.87. The molecule has 1 aliphatic heterocycles. The zero-order valence-electron chi connectivity index (χ0n) is 20.8. The molecule has 0 saturated carbocycles. The lowest BCUT2D eigenvalue weighted by molar-refractivity contribution is 0.109. The van der Waals surface area contributed by atoms with Gasteiger partial charge in [-0.05, 0) is 36.4 Å². The first-order valence-electron chi connectivity index (χ1n) is 12.1. The Kier molecular flexibility index (Phi) is 5.93. The smallest absolute Gasteiger partial charge is 0.173 e. The number of rotatable bonds is 4. The van der Waals surface area contributed by atoms with E-state index in [0.717, 1.165) is 0 Å². The van der Waals surface area contributed by atoms with Gasteiger partial charge in [-0.1, -0.05) is 11.6 Å². The fourth-order valence-corrected chi connectivity index (χ4v) is 5.26. The Morgan fingerprint density at radius 1 is 1.03 bits per heavy atom. The quantitative estimate of drug-likeness (QED) is 0.328. The molecule has 0 bridgehead atoms. The maximum Gasteiger partial charge on any atom is 0.173 e. The van der Waals surface area contributed by atoms with E-state index in [9.17, 15) is 10.5 Å². The van der Waals surface area contributed by atoms with Crippen LogP contribution < -0.4 is 4.90 Å². The number of pyridine rings is 1. The van der Waals surface area contributed by atoms with Crippen LogP contribution >= 0.6 is 11.6 Å². The number of aryl methyl sites for hydroxylation is 1. The zero-order chi connectivity index (χ0) is 27.1. The van der Waals surface area contributed by atoms with Crippen molar-refractivity contribution in [1.29, 1.82) is 10.5 Å². The van der Waals surface area contributed by atoms with Crippen LogP contribution in [0.1, 0.15) is 29.8 Å². The van der Waals surface area contributed by atoms with Gasteiger partial charge >= 0.3 is 0 Å². The summed E-state index contributed by atoms with van der Waals surface area (Å²) >= 11 is 6.17. The predicted molar refractivity (Wildman–Crippen MR) is 141 cm³/mol. The minimum absolute atomic E-state index is 0.194. The van der Waals surface area contributed by atoms with Crippen molar-refractivity contribution in [3.8, 4) is 34.7 Å². The number of hydrogen-bond donors (Lipinski definition) is 0. The molecule has 0 spiro atoms. The zero-order valence-corrected chi connectivity index (χ0v) is 21.5. The van der Waals surface area contributed by atoms with Crippen molar-refractivity contribution in [2.45, 2.75) is 18.5 Å². The fourth-order valence-electron chi connectivity index (χ4n) is 5.09. The summed E-state index contributed by atoms with van der Waals surface area (Å²) < 4.78 is 18.9. The van der Waals surface area contributed by atoms with Gasteiger partial charge in [0.1, 0.15) is 12.4 Å². The lowest BCUT2D eigenvalue weighted by Crippen LogP contribution is -2.42. The van der Waals surface area contributed by atoms with E-state index in [1.807, 2.05) is 11.0 Å². The number of piperidine rings is 1. The van der Waals surface area contributed by atoms with Crippen LogP contribution in [0.2, 0.25) is 5.02 Å². The molecule has 0 N–H and O–H groups in total. The standard InChI is InChI=1S/C27H20ClFN10/c1-37-16-33-35-26(37)27(29)7-10-38(11-8-27)25-18(14-31)6-9-32-24(25)21-15-34-39-23(21)5-4-22(36-39)20-12-19(28)3-2-17(20)13-30/h2-6,9,12,15-16H,7-8,10-11H2,1H3. The third kappa shape index (κ3) is 4.13. The Morgan fingerprint density at radius 2 is 1.82 bits per heavy atom. The molecule has 0 unspecified atom stereocenters. The van der Waals surface area contributed by atoms with Crippen LogP contribution in [0, 0.1) is 22.7 Å². The molecule has 0 atom stereocenters. The molecule has 10 nitrogen and oxygen atoms in total. The SMILES string of the molecule is Cn1cnnc1C1(F)CCN(c2c(C#N)ccnc2-c2cnn3nc(-c4cc(Cl)ccc4C#N)ccc23)CC1. The van der Waals surface area contributed by atoms with Gasteiger partial charge in [0.05, 0.1) is 51.5 Å². The van der Waals surface area contributed by atoms with E-state index < -0.39 is 5.67 Å². The lowest BCUT2D eigenvalue weighted by Gasteiger charge is -2.37. The number of alkyl halides is 1. The molecule has 5 heterocycles. The number of fused-ring (bicyclic) bond motifs is 1. The van der Waals surface area contributed by atoms with E-state index in [2.05, 4.69) is 37.5 Å². The van der Waals surface area contributed by atoms with Gasteiger partial charge < -0.3 is 9.47 Å². The van der Waals surface area contributed by atoms with Crippen molar-refractivity contribution in [2.24, 2.45) is 7.05 Å². The van der Waals surface area contributed by atoms with Gasteiger partial charge in [0, 0.05) is 49.8 Å². The second kappa shape index (κ2) is 9.46. The molecule has 0 aliphatic carbocycles. The molecule has 5 aromatic rings. The molecule has 6 rings (SSSR count). The summed E-state index contributed by atoms with van der Waals surface area (Å²) in [6, 6.07) is 14.7. The first-order chi connectivity index (χ1) is 18.9. The third-order valence-corrected chi connectivity index (χ3v) is 7.29. The van der Waals surface area contributed by atoms with Crippen LogP contribution in [-0.4, -0.2) is 47.7 Å². The number of anilines is 1. The summed E-state index contributed by atoms with van der Waals surface area (Å²) in [7, 11) is 1.73. The van der Waals surface area contributed by atoms with Crippen molar-refractivity contribution in [2.75, 3.05) is 18.0 Å². The summed E-state index contributed by atoms with van der Waals surface area (Å²) in [5.74, 6) is 0.304. The normalized spacial score (nSPS) is 14.7. The highest BCUT2D eigenvalue weighted by molar-refractivity contribution is 6.30. The van der Waals surface area contributed by atoms with Crippen LogP contribution in [0.25, 0.3) is 28.0 Å². The molecule has 0 radical (unpaired) electrons. The highest BCUT2D eigenvalue weighted by Crippen LogP contribution is 2.41. The first kappa shape index (κ1) is 24.5. The molecular weight excluding hydrogens is 519 g/mol. The molecule has 1 saturated heterocycles. The van der Waals surface area contributed by atoms with Crippen LogP contribution in [0.3, 0.4) is 0 Å². The van der Waals surface area contributed by atoms with Crippen molar-refractivity contribution in [3.05, 3.63) is 77.1 Å². The van der Waals surface area contributed by atoms with Gasteiger partial charge in [-0.15, -0.1) is 15.3 Å². The minimum atomic E-state index is -1.61. The van der Waals surface area contributed by atoms with Gasteiger partial charge in [-0.3, -0.25) is 4.98 Å². The Labute approximate surface area is 227 Å². The number of aromatic nitrogens is 7. The largest absolute Gasteiger partial charge is 0.368 e. The van der Waals surface area contributed by atoms with Crippen molar-refractivity contribution in [3.63, 3.8) is 0 Å². The molecule has 192 valence electrons. The van der Waals surface area contributed by atoms with Crippen LogP contribution in [0.15, 0.2) is 55.1 Å². The maximum absolute atomic E-state index is 15.8. The first-order valence-corrected chi connectivity index (χ1v) is 12.5. The van der Waals surface area contributed by atoms with E-state index >= 15 is 4.39 Å². The molecule has 1 aliphatic rings. The molecule has 0 amide bonds. The van der Waals surface area contributed by atoms with Crippen molar-refractivity contribution < 1.29 is 4.39 Å². The maximum atomic E-state index is 15.8. The topological polar surface area (TPSA) is 125 Å². The predicted octanol–water partition coefficient (Wildman–Crippen LogP) is 4.45. The van der Waals surface area contributed by atoms with E-state index in [4.69, 9.17) is 11.6 Å². The summed E-state index contributed by atoms with van der Waals surface area (Å²) in [5.41, 5.74) is 2.94. The molecule has 1 aromatic carbocycles. The van der Waals surface area contributed by atoms with Crippen LogP contribution in [0.5, 0.6) is 0 Å². The highest BCUT2D eigenvalue weighted by atomic mass is 35.5. The van der Waals surface area contributed by atoms with Gasteiger partial charge in [0.25, 0.3) is 0 Å². The van der Waals surface area contributed by atoms with Crippen molar-refractivity contribution in [1.82, 2.24) is 34.6 Å². The Morgan fingerprint density at radius 3 is 2.54 bits per heavy atom. The van der Waals surface area contributed by atoms with Crippen LogP contribution in [0.4, 0.5) is 10.1 Å². The van der Waals surface area contributed by atoms with E-state index in [-0.39, 0.29) is 12.8 Å². The molecule has 12 heteroatoms. The molecule has 39 heavy (non-hydrogen) atoms. The van der Waals surface area contributed by atoms with E-state index in [0.29, 0.717) is 68.8 Å². The lowest BCUT2D eigenvalue weighted by atomic mass is 9.91. The average molecular weight is 539 g/mol. The summed E-state index contributed by atoms with van der Waals surface area (Å²) in [4.78, 5) is 6.61. The molecule has 4 aromatic heterocycles. The highest BCUT2D eigenvalue weighted by Gasteiger charge is 2.41. The third-order valence-electron chi connectivity index (χ3n) is 7.05. The summed E-state index contributed by atoms with van der Waals surface area (Å²) in [6.45, 7) is 0.730. The van der Waals surface area contributed by atoms with Gasteiger partial charge in [0.15, 0.2) is 11.5 Å². The van der Waals surface area contributed by atoms with Crippen LogP contribution in [-0.2, 0) is 12.7 Å². The number of hydrogen-bond acceptors (Lipinski definition) is 8. The second-order valence-electron chi connectivity index (χ2n) is 9.34. The monoisotopic (exact) mass is 538 g/mol. The Bertz CT molecular complexity index is 1800. The fraction of sp³-hybridized carbons (Fsp3) is 0.222. The van der Waals surface area contributed by atoms with Crippen molar-refractivity contribution >= 4 is 22.8 Å². The average Bonchev–Trinajstić information content (AvgIpc) is 3.59. The molecular formula is C27H20ClFN10. The minimum Gasteiger partial charge on any atom is -0.368 e. The van der Waals surface area contributed by atoms with Gasteiger partial charge in [-0.2, -0.15) is 20.3 Å². The number of nitrogens with zero attached hydrogens (tertiary/aromatic N) is 10. The molecule has 1 fully saturated rings. The van der Waals surface area contributed by atoms with E-state index in [1.54, 1.807) is 54.3 Å². The summed E-state index contributed by atoms with van der Waals surface area (Å²) in [6.07, 6.45) is 5.11. The number of benzene rings is 1. The summed E-state index contributed by atoms with van der Waals surface area (Å²) in [5, 5.41) is 36.8. The van der Waals surface area contributed by atoms with E-state index in [1.165, 1.54) is 11.0 Å². The second-order valence-corrected chi connectivity index (χ2v) is 9.77. The number of nitriles is 2. The Balaban J connectivity index is 1.39. The number of halogens is 2. The van der Waals surface area contributed by atoms with Gasteiger partial charge in [-0.25, -0.2) is 4.39 Å².